The number of aryl methyl sites for hydroxylation is 1. The molecule has 1 aromatic carbocycles. The molecule has 0 aliphatic rings. The minimum absolute atomic E-state index is 0.0673. The lowest BCUT2D eigenvalue weighted by Crippen LogP contribution is -2.02. The van der Waals surface area contributed by atoms with Crippen LogP contribution in [-0.4, -0.2) is 21.2 Å². The number of aliphatic hydroxyl groups is 1. The Kier molecular flexibility index (Phi) is 3.97. The van der Waals surface area contributed by atoms with Gasteiger partial charge in [-0.25, -0.2) is 0 Å². The third-order valence-electron chi connectivity index (χ3n) is 3.08. The van der Waals surface area contributed by atoms with E-state index in [1.165, 1.54) is 17.7 Å². The number of nitrogens with zero attached hydrogens (tertiary/aromatic N) is 2. The van der Waals surface area contributed by atoms with Crippen molar-refractivity contribution < 1.29 is 10.0 Å². The highest BCUT2D eigenvalue weighted by molar-refractivity contribution is 5.63. The number of nitro groups is 1. The fourth-order valence-electron chi connectivity index (χ4n) is 2.05. The summed E-state index contributed by atoms with van der Waals surface area (Å²) in [7, 11) is 0. The Hall–Kier alpha value is -2.14. The molecule has 0 radical (unpaired) electrons. The van der Waals surface area contributed by atoms with Crippen LogP contribution < -0.4 is 0 Å². The van der Waals surface area contributed by atoms with Crippen LogP contribution in [0.5, 0.6) is 0 Å². The lowest BCUT2D eigenvalue weighted by molar-refractivity contribution is -0.384. The number of hydrogen-bond donors (Lipinski definition) is 1. The number of non-ortho nitro benzene ring substituents is 1. The van der Waals surface area contributed by atoms with Crippen LogP contribution in [0.1, 0.15) is 12.5 Å². The second-order valence-corrected chi connectivity index (χ2v) is 4.31. The molecule has 0 atom stereocenters. The summed E-state index contributed by atoms with van der Waals surface area (Å²) in [6, 6.07) is 8.52. The summed E-state index contributed by atoms with van der Waals surface area (Å²) in [5.41, 5.74) is 3.15. The highest BCUT2D eigenvalue weighted by Gasteiger charge is 2.09. The van der Waals surface area contributed by atoms with Crippen LogP contribution in [0.3, 0.4) is 0 Å². The van der Waals surface area contributed by atoms with Crippen LogP contribution >= 0.6 is 0 Å². The molecule has 1 heterocycles. The first-order chi connectivity index (χ1) is 9.15. The molecule has 1 N–H and O–H groups in total. The van der Waals surface area contributed by atoms with Crippen LogP contribution in [0, 0.1) is 10.1 Å². The first-order valence-electron chi connectivity index (χ1n) is 6.20. The minimum atomic E-state index is -0.409. The molecular formula is C14H16N2O3. The second kappa shape index (κ2) is 5.67. The van der Waals surface area contributed by atoms with Gasteiger partial charge in [0.05, 0.1) is 11.5 Å². The summed E-state index contributed by atoms with van der Waals surface area (Å²) in [6.07, 6.45) is 2.92. The Morgan fingerprint density at radius 1 is 1.32 bits per heavy atom. The van der Waals surface area contributed by atoms with Crippen molar-refractivity contribution in [1.29, 1.82) is 0 Å². The smallest absolute Gasteiger partial charge is 0.269 e. The van der Waals surface area contributed by atoms with E-state index in [2.05, 4.69) is 13.0 Å². The van der Waals surface area contributed by atoms with E-state index in [0.29, 0.717) is 6.54 Å². The number of rotatable bonds is 5. The molecule has 0 unspecified atom stereocenters. The molecule has 2 rings (SSSR count). The van der Waals surface area contributed by atoms with Gasteiger partial charge >= 0.3 is 0 Å². The van der Waals surface area contributed by atoms with Crippen molar-refractivity contribution in [1.82, 2.24) is 4.57 Å². The highest BCUT2D eigenvalue weighted by atomic mass is 16.6. The molecule has 0 amide bonds. The monoisotopic (exact) mass is 260 g/mol. The number of aliphatic hydroxyl groups excluding tert-OH is 1. The Bertz CT molecular complexity index is 573. The number of benzene rings is 1. The summed E-state index contributed by atoms with van der Waals surface area (Å²) in [5.74, 6) is 0. The normalized spacial score (nSPS) is 10.6. The van der Waals surface area contributed by atoms with Gasteiger partial charge in [-0.1, -0.05) is 6.92 Å². The molecular weight excluding hydrogens is 244 g/mol. The van der Waals surface area contributed by atoms with E-state index < -0.39 is 4.92 Å². The fraction of sp³-hybridized carbons (Fsp3) is 0.286. The first kappa shape index (κ1) is 13.3. The maximum atomic E-state index is 10.6. The Morgan fingerprint density at radius 2 is 2.00 bits per heavy atom. The second-order valence-electron chi connectivity index (χ2n) is 4.31. The van der Waals surface area contributed by atoms with Crippen molar-refractivity contribution in [3.05, 3.63) is 52.2 Å². The van der Waals surface area contributed by atoms with E-state index >= 15 is 0 Å². The van der Waals surface area contributed by atoms with Crippen LogP contribution in [0.15, 0.2) is 36.5 Å². The van der Waals surface area contributed by atoms with E-state index in [0.717, 1.165) is 17.7 Å². The van der Waals surface area contributed by atoms with Gasteiger partial charge < -0.3 is 9.67 Å². The number of nitro benzene ring substituents is 1. The van der Waals surface area contributed by atoms with Crippen molar-refractivity contribution >= 4 is 5.69 Å². The lowest BCUT2D eigenvalue weighted by Gasteiger charge is -2.07. The van der Waals surface area contributed by atoms with Gasteiger partial charge in [0.2, 0.25) is 0 Å². The van der Waals surface area contributed by atoms with Crippen LogP contribution in [0.25, 0.3) is 11.3 Å². The zero-order valence-electron chi connectivity index (χ0n) is 10.7. The van der Waals surface area contributed by atoms with Crippen molar-refractivity contribution in [2.45, 2.75) is 19.9 Å². The standard InChI is InChI=1S/C14H16N2O3/c1-2-11-9-14(15(10-11)7-8-17)12-3-5-13(6-4-12)16(18)19/h3-6,9-10,17H,2,7-8H2,1H3. The van der Waals surface area contributed by atoms with Gasteiger partial charge in [-0.15, -0.1) is 0 Å². The van der Waals surface area contributed by atoms with Gasteiger partial charge in [0, 0.05) is 30.6 Å². The molecule has 0 aliphatic heterocycles. The maximum Gasteiger partial charge on any atom is 0.269 e. The van der Waals surface area contributed by atoms with Gasteiger partial charge in [0.15, 0.2) is 0 Å². The summed E-state index contributed by atoms with van der Waals surface area (Å²) in [5, 5.41) is 19.7. The third kappa shape index (κ3) is 2.82. The molecule has 0 spiro atoms. The Labute approximate surface area is 111 Å². The SMILES string of the molecule is CCc1cc(-c2ccc([N+](=O)[O-])cc2)n(CCO)c1. The fourth-order valence-corrected chi connectivity index (χ4v) is 2.05. The lowest BCUT2D eigenvalue weighted by atomic mass is 10.1. The van der Waals surface area contributed by atoms with Crippen LogP contribution in [-0.2, 0) is 13.0 Å². The Morgan fingerprint density at radius 3 is 2.53 bits per heavy atom. The molecule has 1 aromatic heterocycles. The molecule has 0 aliphatic carbocycles. The number of hydrogen-bond acceptors (Lipinski definition) is 3. The largest absolute Gasteiger partial charge is 0.395 e. The predicted octanol–water partition coefficient (Wildman–Crippen LogP) is 2.62. The highest BCUT2D eigenvalue weighted by Crippen LogP contribution is 2.25. The van der Waals surface area contributed by atoms with Gasteiger partial charge in [0.1, 0.15) is 0 Å². The van der Waals surface area contributed by atoms with Gasteiger partial charge in [0.25, 0.3) is 5.69 Å². The van der Waals surface area contributed by atoms with E-state index in [1.807, 2.05) is 10.8 Å². The first-order valence-corrected chi connectivity index (χ1v) is 6.20. The zero-order valence-corrected chi connectivity index (χ0v) is 10.7. The molecule has 19 heavy (non-hydrogen) atoms. The summed E-state index contributed by atoms with van der Waals surface area (Å²) in [6.45, 7) is 2.66. The van der Waals surface area contributed by atoms with Crippen molar-refractivity contribution in [3.8, 4) is 11.3 Å². The van der Waals surface area contributed by atoms with Crippen molar-refractivity contribution in [2.24, 2.45) is 0 Å². The van der Waals surface area contributed by atoms with Crippen molar-refractivity contribution in [3.63, 3.8) is 0 Å². The van der Waals surface area contributed by atoms with Crippen LogP contribution in [0.4, 0.5) is 5.69 Å². The molecule has 5 heteroatoms. The maximum absolute atomic E-state index is 10.6. The zero-order chi connectivity index (χ0) is 13.8. The third-order valence-corrected chi connectivity index (χ3v) is 3.08. The van der Waals surface area contributed by atoms with E-state index in [-0.39, 0.29) is 12.3 Å². The minimum Gasteiger partial charge on any atom is -0.395 e. The molecule has 5 nitrogen and oxygen atoms in total. The van der Waals surface area contributed by atoms with Crippen LogP contribution in [0.2, 0.25) is 0 Å². The summed E-state index contributed by atoms with van der Waals surface area (Å²) in [4.78, 5) is 10.2. The van der Waals surface area contributed by atoms with E-state index in [1.54, 1.807) is 12.1 Å². The van der Waals surface area contributed by atoms with Gasteiger partial charge in [-0.2, -0.15) is 0 Å². The molecule has 2 aromatic rings. The summed E-state index contributed by atoms with van der Waals surface area (Å²) < 4.78 is 1.97. The molecule has 0 fully saturated rings. The average Bonchev–Trinajstić information content (AvgIpc) is 2.82. The topological polar surface area (TPSA) is 68.3 Å². The van der Waals surface area contributed by atoms with Gasteiger partial charge in [-0.3, -0.25) is 10.1 Å². The molecule has 100 valence electrons. The predicted molar refractivity (Wildman–Crippen MR) is 73.0 cm³/mol. The molecule has 0 saturated carbocycles. The van der Waals surface area contributed by atoms with E-state index in [4.69, 9.17) is 5.11 Å². The summed E-state index contributed by atoms with van der Waals surface area (Å²) >= 11 is 0. The van der Waals surface area contributed by atoms with E-state index in [9.17, 15) is 10.1 Å². The number of aromatic nitrogens is 1. The molecule has 0 bridgehead atoms. The Balaban J connectivity index is 2.39. The molecule has 0 saturated heterocycles. The van der Waals surface area contributed by atoms with Gasteiger partial charge in [-0.05, 0) is 35.7 Å². The average molecular weight is 260 g/mol. The quantitative estimate of drug-likeness (QED) is 0.663. The van der Waals surface area contributed by atoms with Crippen molar-refractivity contribution in [2.75, 3.05) is 6.61 Å².